The van der Waals surface area contributed by atoms with Crippen LogP contribution in [0.2, 0.25) is 0 Å². The van der Waals surface area contributed by atoms with Gasteiger partial charge in [-0.15, -0.1) is 0 Å². The van der Waals surface area contributed by atoms with Crippen molar-refractivity contribution in [1.82, 2.24) is 20.0 Å². The normalized spacial score (nSPS) is 11.9. The van der Waals surface area contributed by atoms with Crippen LogP contribution < -0.4 is 10.0 Å². The lowest BCUT2D eigenvalue weighted by Gasteiger charge is -2.11. The van der Waals surface area contributed by atoms with Gasteiger partial charge in [-0.1, -0.05) is 12.1 Å². The Morgan fingerprint density at radius 3 is 2.62 bits per heavy atom. The molecular weight excluding hydrogens is 402 g/mol. The fraction of sp³-hybridized carbons (Fsp3) is 0.263. The Kier molecular flexibility index (Phi) is 5.94. The summed E-state index contributed by atoms with van der Waals surface area (Å²) in [6.07, 6.45) is -2.73. The molecule has 0 aliphatic rings. The predicted molar refractivity (Wildman–Crippen MR) is 104 cm³/mol. The number of rotatable bonds is 7. The third-order valence-electron chi connectivity index (χ3n) is 4.30. The van der Waals surface area contributed by atoms with Crippen molar-refractivity contribution in [1.29, 1.82) is 0 Å². The summed E-state index contributed by atoms with van der Waals surface area (Å²) in [4.78, 5) is 18.7. The molecule has 1 heterocycles. The van der Waals surface area contributed by atoms with Crippen LogP contribution in [0.4, 0.5) is 8.78 Å². The van der Waals surface area contributed by atoms with E-state index in [0.29, 0.717) is 16.6 Å². The minimum Gasteiger partial charge on any atom is -0.351 e. The number of aromatic nitrogens is 2. The standard InChI is InChI=1S/C19H20F2N4O3S/c1-11-3-4-12(2)16(9-11)29(27,28)23-8-7-22-19(26)13-5-6-14-15(10-13)25-18(24-14)17(20)21/h3-6,9-10,17,23H,7-8H2,1-2H3,(H,22,26)(H,24,25). The summed E-state index contributed by atoms with van der Waals surface area (Å²) in [5, 5.41) is 2.59. The van der Waals surface area contributed by atoms with E-state index < -0.39 is 28.2 Å². The number of carbonyl (C=O) groups excluding carboxylic acids is 1. The number of sulfonamides is 1. The zero-order valence-corrected chi connectivity index (χ0v) is 16.6. The molecule has 0 bridgehead atoms. The second-order valence-corrected chi connectivity index (χ2v) is 8.31. The second kappa shape index (κ2) is 8.26. The number of aryl methyl sites for hydroxylation is 2. The first kappa shape index (κ1) is 20.9. The first-order valence-electron chi connectivity index (χ1n) is 8.80. The molecule has 29 heavy (non-hydrogen) atoms. The van der Waals surface area contributed by atoms with Crippen LogP contribution in [0.3, 0.4) is 0 Å². The molecule has 1 aromatic heterocycles. The average Bonchev–Trinajstić information content (AvgIpc) is 3.10. The Morgan fingerprint density at radius 2 is 1.90 bits per heavy atom. The lowest BCUT2D eigenvalue weighted by atomic mass is 10.2. The largest absolute Gasteiger partial charge is 0.351 e. The van der Waals surface area contributed by atoms with Gasteiger partial charge < -0.3 is 10.3 Å². The van der Waals surface area contributed by atoms with Gasteiger partial charge in [0.15, 0.2) is 5.82 Å². The van der Waals surface area contributed by atoms with Crippen molar-refractivity contribution in [2.24, 2.45) is 0 Å². The molecule has 0 fully saturated rings. The van der Waals surface area contributed by atoms with Crippen molar-refractivity contribution in [3.63, 3.8) is 0 Å². The van der Waals surface area contributed by atoms with Crippen molar-refractivity contribution >= 4 is 27.0 Å². The summed E-state index contributed by atoms with van der Waals surface area (Å²) >= 11 is 0. The van der Waals surface area contributed by atoms with Crippen molar-refractivity contribution < 1.29 is 22.0 Å². The molecule has 3 rings (SSSR count). The van der Waals surface area contributed by atoms with Crippen molar-refractivity contribution in [3.05, 3.63) is 58.9 Å². The monoisotopic (exact) mass is 422 g/mol. The Bertz CT molecular complexity index is 1160. The maximum absolute atomic E-state index is 12.7. The molecule has 0 spiro atoms. The van der Waals surface area contributed by atoms with E-state index >= 15 is 0 Å². The summed E-state index contributed by atoms with van der Waals surface area (Å²) in [7, 11) is -3.70. The van der Waals surface area contributed by atoms with E-state index in [4.69, 9.17) is 0 Å². The quantitative estimate of drug-likeness (QED) is 0.509. The van der Waals surface area contributed by atoms with E-state index in [2.05, 4.69) is 20.0 Å². The van der Waals surface area contributed by atoms with Gasteiger partial charge in [-0.2, -0.15) is 0 Å². The van der Waals surface area contributed by atoms with E-state index in [0.717, 1.165) is 5.56 Å². The van der Waals surface area contributed by atoms with Gasteiger partial charge in [-0.05, 0) is 49.2 Å². The van der Waals surface area contributed by atoms with Gasteiger partial charge in [0, 0.05) is 18.7 Å². The van der Waals surface area contributed by atoms with Crippen LogP contribution in [0.15, 0.2) is 41.3 Å². The molecule has 2 aromatic carbocycles. The molecule has 0 radical (unpaired) electrons. The van der Waals surface area contributed by atoms with Crippen molar-refractivity contribution in [3.8, 4) is 0 Å². The Morgan fingerprint density at radius 1 is 1.14 bits per heavy atom. The molecule has 0 unspecified atom stereocenters. The first-order valence-corrected chi connectivity index (χ1v) is 10.3. The van der Waals surface area contributed by atoms with Crippen molar-refractivity contribution in [2.45, 2.75) is 25.2 Å². The number of fused-ring (bicyclic) bond motifs is 1. The third kappa shape index (κ3) is 4.77. The van der Waals surface area contributed by atoms with E-state index in [1.807, 2.05) is 6.07 Å². The lowest BCUT2D eigenvalue weighted by Crippen LogP contribution is -2.35. The van der Waals surface area contributed by atoms with Gasteiger partial charge in [0.2, 0.25) is 10.0 Å². The molecule has 154 valence electrons. The van der Waals surface area contributed by atoms with Crippen molar-refractivity contribution in [2.75, 3.05) is 13.1 Å². The second-order valence-electron chi connectivity index (χ2n) is 6.58. The van der Waals surface area contributed by atoms with Crippen LogP contribution in [0.25, 0.3) is 11.0 Å². The maximum atomic E-state index is 12.7. The number of nitrogens with zero attached hydrogens (tertiary/aromatic N) is 1. The number of nitrogens with one attached hydrogen (secondary N) is 3. The molecule has 0 aliphatic heterocycles. The number of aromatic amines is 1. The van der Waals surface area contributed by atoms with Crippen LogP contribution in [0.5, 0.6) is 0 Å². The summed E-state index contributed by atoms with van der Waals surface area (Å²) in [5.74, 6) is -0.913. The molecule has 0 atom stereocenters. The number of amides is 1. The van der Waals surface area contributed by atoms with Gasteiger partial charge in [0.25, 0.3) is 12.3 Å². The van der Waals surface area contributed by atoms with E-state index in [1.165, 1.54) is 18.2 Å². The topological polar surface area (TPSA) is 104 Å². The molecule has 1 amide bonds. The Balaban J connectivity index is 1.59. The highest BCUT2D eigenvalue weighted by Crippen LogP contribution is 2.20. The smallest absolute Gasteiger partial charge is 0.295 e. The van der Waals surface area contributed by atoms with Gasteiger partial charge >= 0.3 is 0 Å². The number of alkyl halides is 2. The van der Waals surface area contributed by atoms with E-state index in [1.54, 1.807) is 26.0 Å². The molecule has 7 nitrogen and oxygen atoms in total. The summed E-state index contributed by atoms with van der Waals surface area (Å²) in [6, 6.07) is 9.50. The molecule has 0 saturated heterocycles. The summed E-state index contributed by atoms with van der Waals surface area (Å²) < 4.78 is 52.7. The molecule has 0 aliphatic carbocycles. The summed E-state index contributed by atoms with van der Waals surface area (Å²) in [5.41, 5.74) is 2.36. The first-order chi connectivity index (χ1) is 13.7. The highest BCUT2D eigenvalue weighted by molar-refractivity contribution is 7.89. The molecule has 10 heteroatoms. The minimum absolute atomic E-state index is 0.00326. The zero-order chi connectivity index (χ0) is 21.2. The number of benzene rings is 2. The van der Waals surface area contributed by atoms with Gasteiger partial charge in [-0.3, -0.25) is 4.79 Å². The van der Waals surface area contributed by atoms with E-state index in [9.17, 15) is 22.0 Å². The van der Waals surface area contributed by atoms with Gasteiger partial charge in [0.1, 0.15) is 0 Å². The van der Waals surface area contributed by atoms with Crippen LogP contribution >= 0.6 is 0 Å². The SMILES string of the molecule is Cc1ccc(C)c(S(=O)(=O)NCCNC(=O)c2ccc3nc(C(F)F)[nH]c3c2)c1. The Hall–Kier alpha value is -2.85. The average molecular weight is 422 g/mol. The number of carbonyl (C=O) groups is 1. The third-order valence-corrected chi connectivity index (χ3v) is 5.91. The Labute approximate surface area is 166 Å². The number of hydrogen-bond acceptors (Lipinski definition) is 4. The number of imidazole rings is 1. The maximum Gasteiger partial charge on any atom is 0.295 e. The van der Waals surface area contributed by atoms with Crippen LogP contribution in [-0.4, -0.2) is 37.4 Å². The zero-order valence-electron chi connectivity index (χ0n) is 15.8. The van der Waals surface area contributed by atoms with Crippen LogP contribution in [0.1, 0.15) is 33.7 Å². The molecule has 3 aromatic rings. The highest BCUT2D eigenvalue weighted by atomic mass is 32.2. The van der Waals surface area contributed by atoms with Gasteiger partial charge in [0.05, 0.1) is 15.9 Å². The summed E-state index contributed by atoms with van der Waals surface area (Å²) in [6.45, 7) is 3.58. The number of H-pyrrole nitrogens is 1. The lowest BCUT2D eigenvalue weighted by molar-refractivity contribution is 0.0954. The van der Waals surface area contributed by atoms with Crippen LogP contribution in [-0.2, 0) is 10.0 Å². The molecule has 0 saturated carbocycles. The van der Waals surface area contributed by atoms with Gasteiger partial charge in [-0.25, -0.2) is 26.9 Å². The fourth-order valence-corrected chi connectivity index (χ4v) is 4.17. The highest BCUT2D eigenvalue weighted by Gasteiger charge is 2.17. The number of halogens is 2. The van der Waals surface area contributed by atoms with Crippen LogP contribution in [0, 0.1) is 13.8 Å². The minimum atomic E-state index is -3.70. The molecule has 3 N–H and O–H groups in total. The predicted octanol–water partition coefficient (Wildman–Crippen LogP) is 2.83. The fourth-order valence-electron chi connectivity index (χ4n) is 2.81. The van der Waals surface area contributed by atoms with E-state index in [-0.39, 0.29) is 23.5 Å². The molecular formula is C19H20F2N4O3S. The number of hydrogen-bond donors (Lipinski definition) is 3.